The van der Waals surface area contributed by atoms with Crippen LogP contribution in [-0.2, 0) is 16.1 Å². The van der Waals surface area contributed by atoms with E-state index >= 15 is 0 Å². The van der Waals surface area contributed by atoms with Gasteiger partial charge in [-0.25, -0.2) is 0 Å². The zero-order valence-corrected chi connectivity index (χ0v) is 15.7. The minimum absolute atomic E-state index is 0.545. The number of piperazine rings is 1. The molecule has 0 spiro atoms. The number of hydrogen-bond acceptors (Lipinski definition) is 8. The standard InChI is InChI=1S/C17H22N4O2.2CH2O/c1-22-15-6-2-13(3-7-15)12-20-8-10-21(11-9-20)17-18-16(19-23-17)14-4-5-14;2*1-2/h2-3,6-7,14H,4-5,8-12H2,1H3;2*1H2. The van der Waals surface area contributed by atoms with Crippen LogP contribution in [0, 0.1) is 0 Å². The Morgan fingerprint density at radius 2 is 1.70 bits per heavy atom. The summed E-state index contributed by atoms with van der Waals surface area (Å²) in [5, 5.41) is 4.10. The van der Waals surface area contributed by atoms with Gasteiger partial charge in [-0.2, -0.15) is 4.98 Å². The number of rotatable bonds is 5. The number of aromatic nitrogens is 2. The Bertz CT molecular complexity index is 677. The van der Waals surface area contributed by atoms with Crippen LogP contribution in [0.2, 0.25) is 0 Å². The molecule has 1 aliphatic heterocycles. The average Bonchev–Trinajstić information content (AvgIpc) is 3.49. The van der Waals surface area contributed by atoms with Crippen molar-refractivity contribution >= 4 is 19.6 Å². The third-order valence-corrected chi connectivity index (χ3v) is 4.58. The first-order valence-corrected chi connectivity index (χ1v) is 8.83. The summed E-state index contributed by atoms with van der Waals surface area (Å²) in [5.74, 6) is 2.34. The molecule has 0 unspecified atom stereocenters. The van der Waals surface area contributed by atoms with Crippen LogP contribution in [0.1, 0.15) is 30.1 Å². The van der Waals surface area contributed by atoms with Gasteiger partial charge in [-0.15, -0.1) is 0 Å². The van der Waals surface area contributed by atoms with E-state index in [4.69, 9.17) is 18.8 Å². The number of methoxy groups -OCH3 is 1. The number of carbonyl (C=O) groups is 2. The molecule has 0 radical (unpaired) electrons. The van der Waals surface area contributed by atoms with Crippen LogP contribution in [-0.4, -0.2) is 61.9 Å². The Morgan fingerprint density at radius 1 is 1.07 bits per heavy atom. The highest BCUT2D eigenvalue weighted by atomic mass is 16.5. The zero-order chi connectivity index (χ0) is 19.6. The van der Waals surface area contributed by atoms with Gasteiger partial charge in [0, 0.05) is 38.6 Å². The van der Waals surface area contributed by atoms with Crippen molar-refractivity contribution in [1.29, 1.82) is 0 Å². The number of ether oxygens (including phenoxy) is 1. The zero-order valence-electron chi connectivity index (χ0n) is 15.7. The van der Waals surface area contributed by atoms with Crippen LogP contribution in [0.15, 0.2) is 28.8 Å². The Kier molecular flexibility index (Phi) is 7.94. The van der Waals surface area contributed by atoms with Crippen molar-refractivity contribution in [2.24, 2.45) is 0 Å². The maximum absolute atomic E-state index is 8.00. The fraction of sp³-hybridized carbons (Fsp3) is 0.474. The Morgan fingerprint density at radius 3 is 2.26 bits per heavy atom. The fourth-order valence-corrected chi connectivity index (χ4v) is 2.95. The second-order valence-electron chi connectivity index (χ2n) is 6.32. The van der Waals surface area contributed by atoms with E-state index in [9.17, 15) is 0 Å². The normalized spacial score (nSPS) is 16.6. The fourth-order valence-electron chi connectivity index (χ4n) is 2.95. The first-order valence-electron chi connectivity index (χ1n) is 8.83. The summed E-state index contributed by atoms with van der Waals surface area (Å²) in [6, 6.07) is 8.99. The minimum atomic E-state index is 0.545. The van der Waals surface area contributed by atoms with E-state index < -0.39 is 0 Å². The van der Waals surface area contributed by atoms with Crippen LogP contribution in [0.5, 0.6) is 5.75 Å². The van der Waals surface area contributed by atoms with Gasteiger partial charge in [0.25, 0.3) is 0 Å². The van der Waals surface area contributed by atoms with Crippen molar-refractivity contribution in [2.75, 3.05) is 38.2 Å². The molecule has 1 aliphatic carbocycles. The van der Waals surface area contributed by atoms with E-state index in [1.54, 1.807) is 7.11 Å². The van der Waals surface area contributed by atoms with E-state index in [-0.39, 0.29) is 0 Å². The lowest BCUT2D eigenvalue weighted by Gasteiger charge is -2.33. The Labute approximate surface area is 159 Å². The van der Waals surface area contributed by atoms with Crippen LogP contribution in [0.3, 0.4) is 0 Å². The van der Waals surface area contributed by atoms with E-state index in [0.717, 1.165) is 44.3 Å². The molecule has 2 fully saturated rings. The topological polar surface area (TPSA) is 88.8 Å². The molecule has 1 saturated carbocycles. The molecule has 2 heterocycles. The summed E-state index contributed by atoms with van der Waals surface area (Å²) in [6.45, 7) is 8.85. The van der Waals surface area contributed by atoms with Gasteiger partial charge in [0.1, 0.15) is 19.3 Å². The van der Waals surface area contributed by atoms with Gasteiger partial charge >= 0.3 is 6.01 Å². The molecule has 4 rings (SSSR count). The second-order valence-corrected chi connectivity index (χ2v) is 6.32. The molecule has 0 amide bonds. The Hall–Kier alpha value is -2.74. The van der Waals surface area contributed by atoms with Crippen LogP contribution < -0.4 is 9.64 Å². The molecule has 146 valence electrons. The summed E-state index contributed by atoms with van der Waals surface area (Å²) in [6.07, 6.45) is 2.41. The maximum atomic E-state index is 8.00. The van der Waals surface area contributed by atoms with Crippen molar-refractivity contribution in [1.82, 2.24) is 15.0 Å². The number of hydrogen-bond donors (Lipinski definition) is 0. The SMILES string of the molecule is C=O.C=O.COc1ccc(CN2CCN(c3nc(C4CC4)no3)CC2)cc1. The van der Waals surface area contributed by atoms with Gasteiger partial charge in [-0.3, -0.25) is 4.90 Å². The first-order chi connectivity index (χ1) is 13.3. The van der Waals surface area contributed by atoms with E-state index in [1.165, 1.54) is 18.4 Å². The molecular weight excluding hydrogens is 348 g/mol. The summed E-state index contributed by atoms with van der Waals surface area (Å²) in [5.41, 5.74) is 1.31. The van der Waals surface area contributed by atoms with Crippen molar-refractivity contribution in [3.63, 3.8) is 0 Å². The summed E-state index contributed by atoms with van der Waals surface area (Å²) >= 11 is 0. The lowest BCUT2D eigenvalue weighted by Crippen LogP contribution is -2.46. The highest BCUT2D eigenvalue weighted by molar-refractivity contribution is 5.29. The molecule has 0 atom stereocenters. The molecule has 8 heteroatoms. The largest absolute Gasteiger partial charge is 0.497 e. The van der Waals surface area contributed by atoms with Crippen molar-refractivity contribution in [3.8, 4) is 5.75 Å². The van der Waals surface area contributed by atoms with Gasteiger partial charge in [0.15, 0.2) is 5.82 Å². The summed E-state index contributed by atoms with van der Waals surface area (Å²) < 4.78 is 10.6. The van der Waals surface area contributed by atoms with Gasteiger partial charge in [-0.1, -0.05) is 17.3 Å². The van der Waals surface area contributed by atoms with Gasteiger partial charge in [0.05, 0.1) is 7.11 Å². The minimum Gasteiger partial charge on any atom is -0.497 e. The van der Waals surface area contributed by atoms with Crippen molar-refractivity contribution in [3.05, 3.63) is 35.7 Å². The molecule has 2 aliphatic rings. The summed E-state index contributed by atoms with van der Waals surface area (Å²) in [7, 11) is 1.69. The van der Waals surface area contributed by atoms with Crippen molar-refractivity contribution < 1.29 is 18.8 Å². The molecule has 2 aromatic rings. The second kappa shape index (κ2) is 10.4. The third kappa shape index (κ3) is 5.62. The molecule has 1 aromatic carbocycles. The third-order valence-electron chi connectivity index (χ3n) is 4.58. The van der Waals surface area contributed by atoms with Crippen LogP contribution in [0.25, 0.3) is 0 Å². The number of carbonyl (C=O) groups excluding carboxylic acids is 2. The van der Waals surface area contributed by atoms with Gasteiger partial charge in [-0.05, 0) is 30.5 Å². The molecule has 1 aromatic heterocycles. The predicted octanol–water partition coefficient (Wildman–Crippen LogP) is 1.91. The molecular formula is C19H26N4O4. The predicted molar refractivity (Wildman–Crippen MR) is 101 cm³/mol. The molecule has 27 heavy (non-hydrogen) atoms. The summed E-state index contributed by atoms with van der Waals surface area (Å²) in [4.78, 5) is 25.2. The first kappa shape index (κ1) is 20.6. The molecule has 1 saturated heterocycles. The van der Waals surface area contributed by atoms with Crippen LogP contribution >= 0.6 is 0 Å². The molecule has 0 N–H and O–H groups in total. The smallest absolute Gasteiger partial charge is 0.324 e. The van der Waals surface area contributed by atoms with Gasteiger partial charge < -0.3 is 23.7 Å². The van der Waals surface area contributed by atoms with Crippen molar-refractivity contribution in [2.45, 2.75) is 25.3 Å². The quantitative estimate of drug-likeness (QED) is 0.784. The average molecular weight is 374 g/mol. The molecule has 8 nitrogen and oxygen atoms in total. The lowest BCUT2D eigenvalue weighted by molar-refractivity contribution is -0.0987. The number of nitrogens with zero attached hydrogens (tertiary/aromatic N) is 4. The highest BCUT2D eigenvalue weighted by Gasteiger charge is 2.30. The van der Waals surface area contributed by atoms with E-state index in [1.807, 2.05) is 25.7 Å². The monoisotopic (exact) mass is 374 g/mol. The lowest BCUT2D eigenvalue weighted by atomic mass is 10.2. The highest BCUT2D eigenvalue weighted by Crippen LogP contribution is 2.38. The Balaban J connectivity index is 0.000000614. The molecule has 0 bridgehead atoms. The number of benzene rings is 1. The van der Waals surface area contributed by atoms with E-state index in [0.29, 0.717) is 11.9 Å². The van der Waals surface area contributed by atoms with Crippen LogP contribution in [0.4, 0.5) is 6.01 Å². The van der Waals surface area contributed by atoms with E-state index in [2.05, 4.69) is 32.1 Å². The number of anilines is 1. The van der Waals surface area contributed by atoms with Gasteiger partial charge in [0.2, 0.25) is 0 Å². The maximum Gasteiger partial charge on any atom is 0.324 e.